The van der Waals surface area contributed by atoms with Crippen LogP contribution in [0.25, 0.3) is 5.69 Å². The number of carbonyl (C=O) groups excluding carboxylic acids is 1. The number of benzene rings is 2. The molecule has 144 valence electrons. The molecule has 0 radical (unpaired) electrons. The largest absolute Gasteiger partial charge is 0.348 e. The van der Waals surface area contributed by atoms with Crippen molar-refractivity contribution in [3.05, 3.63) is 82.6 Å². The van der Waals surface area contributed by atoms with Crippen molar-refractivity contribution >= 4 is 17.5 Å². The average Bonchev–Trinajstić information content (AvgIpc) is 3.40. The lowest BCUT2D eigenvalue weighted by Gasteiger charge is -2.14. The van der Waals surface area contributed by atoms with Crippen molar-refractivity contribution in [3.63, 3.8) is 0 Å². The van der Waals surface area contributed by atoms with Crippen LogP contribution in [0, 0.1) is 0 Å². The maximum absolute atomic E-state index is 12.4. The first-order chi connectivity index (χ1) is 13.7. The number of carbonyl (C=O) groups is 1. The molecule has 1 aliphatic rings. The molecule has 1 N–H and O–H groups in total. The standard InChI is InChI=1S/C22H23ClN4O/c23-20-7-9-21(10-8-20)27-16-19(14-25-27)22(28)24-13-17-3-5-18(6-4-17)15-26-11-1-2-12-26/h3-10,14,16H,1-2,11-13,15H2,(H,24,28). The molecule has 5 nitrogen and oxygen atoms in total. The van der Waals surface area contributed by atoms with Crippen LogP contribution >= 0.6 is 11.6 Å². The summed E-state index contributed by atoms with van der Waals surface area (Å²) in [6.45, 7) is 3.90. The summed E-state index contributed by atoms with van der Waals surface area (Å²) in [5.41, 5.74) is 3.79. The van der Waals surface area contributed by atoms with E-state index in [0.717, 1.165) is 17.8 Å². The summed E-state index contributed by atoms with van der Waals surface area (Å²) in [4.78, 5) is 14.9. The van der Waals surface area contributed by atoms with E-state index < -0.39 is 0 Å². The topological polar surface area (TPSA) is 50.2 Å². The Hall–Kier alpha value is -2.63. The summed E-state index contributed by atoms with van der Waals surface area (Å²) in [7, 11) is 0. The van der Waals surface area contributed by atoms with E-state index in [-0.39, 0.29) is 5.91 Å². The van der Waals surface area contributed by atoms with E-state index in [9.17, 15) is 4.79 Å². The zero-order chi connectivity index (χ0) is 19.3. The Morgan fingerprint density at radius 1 is 1.00 bits per heavy atom. The van der Waals surface area contributed by atoms with Gasteiger partial charge >= 0.3 is 0 Å². The van der Waals surface area contributed by atoms with Crippen molar-refractivity contribution in [2.75, 3.05) is 13.1 Å². The predicted octanol–water partition coefficient (Wildman–Crippen LogP) is 4.05. The van der Waals surface area contributed by atoms with E-state index in [1.54, 1.807) is 29.2 Å². The highest BCUT2D eigenvalue weighted by molar-refractivity contribution is 6.30. The lowest BCUT2D eigenvalue weighted by molar-refractivity contribution is 0.0951. The molecule has 1 aromatic heterocycles. The van der Waals surface area contributed by atoms with Gasteiger partial charge in [0.2, 0.25) is 0 Å². The third-order valence-electron chi connectivity index (χ3n) is 5.02. The van der Waals surface area contributed by atoms with Crippen LogP contribution in [0.2, 0.25) is 5.02 Å². The summed E-state index contributed by atoms with van der Waals surface area (Å²) >= 11 is 5.91. The molecule has 0 saturated carbocycles. The van der Waals surface area contributed by atoms with Crippen LogP contribution in [-0.4, -0.2) is 33.7 Å². The smallest absolute Gasteiger partial charge is 0.254 e. The molecule has 1 saturated heterocycles. The quantitative estimate of drug-likeness (QED) is 0.686. The van der Waals surface area contributed by atoms with Crippen molar-refractivity contribution in [2.45, 2.75) is 25.9 Å². The zero-order valence-electron chi connectivity index (χ0n) is 15.6. The number of nitrogens with zero attached hydrogens (tertiary/aromatic N) is 3. The minimum atomic E-state index is -0.138. The second-order valence-electron chi connectivity index (χ2n) is 7.13. The number of rotatable bonds is 6. The van der Waals surface area contributed by atoms with E-state index in [1.807, 2.05) is 12.1 Å². The van der Waals surface area contributed by atoms with Crippen LogP contribution in [0.4, 0.5) is 0 Å². The summed E-state index contributed by atoms with van der Waals surface area (Å²) < 4.78 is 1.67. The Bertz CT molecular complexity index is 928. The van der Waals surface area contributed by atoms with Gasteiger partial charge in [-0.15, -0.1) is 0 Å². The second kappa shape index (κ2) is 8.59. The zero-order valence-corrected chi connectivity index (χ0v) is 16.4. The molecule has 0 aliphatic carbocycles. The normalized spacial score (nSPS) is 14.3. The van der Waals surface area contributed by atoms with Crippen LogP contribution in [0.3, 0.4) is 0 Å². The second-order valence-corrected chi connectivity index (χ2v) is 7.57. The summed E-state index contributed by atoms with van der Waals surface area (Å²) in [6.07, 6.45) is 5.90. The van der Waals surface area contributed by atoms with Crippen molar-refractivity contribution in [1.82, 2.24) is 20.0 Å². The first kappa shape index (κ1) is 18.7. The molecule has 4 rings (SSSR count). The SMILES string of the molecule is O=C(NCc1ccc(CN2CCCC2)cc1)c1cnn(-c2ccc(Cl)cc2)c1. The van der Waals surface area contributed by atoms with Crippen molar-refractivity contribution in [1.29, 1.82) is 0 Å². The molecular weight excluding hydrogens is 372 g/mol. The lowest BCUT2D eigenvalue weighted by Crippen LogP contribution is -2.22. The van der Waals surface area contributed by atoms with Gasteiger partial charge in [-0.1, -0.05) is 35.9 Å². The number of halogens is 1. The minimum absolute atomic E-state index is 0.138. The first-order valence-corrected chi connectivity index (χ1v) is 9.94. The first-order valence-electron chi connectivity index (χ1n) is 9.56. The Balaban J connectivity index is 1.32. The van der Waals surface area contributed by atoms with E-state index in [4.69, 9.17) is 11.6 Å². The van der Waals surface area contributed by atoms with Crippen LogP contribution in [0.1, 0.15) is 34.3 Å². The van der Waals surface area contributed by atoms with Crippen LogP contribution in [0.5, 0.6) is 0 Å². The van der Waals surface area contributed by atoms with Gasteiger partial charge in [-0.05, 0) is 61.3 Å². The molecule has 1 fully saturated rings. The van der Waals surface area contributed by atoms with Gasteiger partial charge in [0.25, 0.3) is 5.91 Å². The molecule has 2 aromatic carbocycles. The molecule has 6 heteroatoms. The third-order valence-corrected chi connectivity index (χ3v) is 5.27. The predicted molar refractivity (Wildman–Crippen MR) is 111 cm³/mol. The van der Waals surface area contributed by atoms with Gasteiger partial charge in [-0.3, -0.25) is 9.69 Å². The Morgan fingerprint density at radius 2 is 1.68 bits per heavy atom. The van der Waals surface area contributed by atoms with Crippen LogP contribution in [-0.2, 0) is 13.1 Å². The number of likely N-dealkylation sites (tertiary alicyclic amines) is 1. The fraction of sp³-hybridized carbons (Fsp3) is 0.273. The average molecular weight is 395 g/mol. The fourth-order valence-electron chi connectivity index (χ4n) is 3.42. The van der Waals surface area contributed by atoms with Crippen molar-refractivity contribution in [3.8, 4) is 5.69 Å². The number of hydrogen-bond donors (Lipinski definition) is 1. The van der Waals surface area contributed by atoms with E-state index in [2.05, 4.69) is 39.6 Å². The monoisotopic (exact) mass is 394 g/mol. The molecule has 3 aromatic rings. The fourth-order valence-corrected chi connectivity index (χ4v) is 3.55. The van der Waals surface area contributed by atoms with Gasteiger partial charge < -0.3 is 5.32 Å². The van der Waals surface area contributed by atoms with Crippen LogP contribution < -0.4 is 5.32 Å². The number of amides is 1. The molecule has 0 bridgehead atoms. The van der Waals surface area contributed by atoms with Crippen molar-refractivity contribution in [2.24, 2.45) is 0 Å². The van der Waals surface area contributed by atoms with E-state index >= 15 is 0 Å². The Morgan fingerprint density at radius 3 is 2.39 bits per heavy atom. The molecule has 1 amide bonds. The number of nitrogens with one attached hydrogen (secondary N) is 1. The molecule has 0 atom stereocenters. The van der Waals surface area contributed by atoms with Gasteiger partial charge in [0, 0.05) is 24.3 Å². The molecular formula is C22H23ClN4O. The number of hydrogen-bond acceptors (Lipinski definition) is 3. The van der Waals surface area contributed by atoms with E-state index in [1.165, 1.54) is 31.5 Å². The van der Waals surface area contributed by atoms with Gasteiger partial charge in [0.05, 0.1) is 17.4 Å². The third kappa shape index (κ3) is 4.61. The lowest BCUT2D eigenvalue weighted by atomic mass is 10.1. The maximum Gasteiger partial charge on any atom is 0.254 e. The van der Waals surface area contributed by atoms with Gasteiger partial charge in [0.1, 0.15) is 0 Å². The molecule has 0 unspecified atom stereocenters. The van der Waals surface area contributed by atoms with Gasteiger partial charge in [-0.25, -0.2) is 4.68 Å². The highest BCUT2D eigenvalue weighted by Gasteiger charge is 2.12. The molecule has 2 heterocycles. The summed E-state index contributed by atoms with van der Waals surface area (Å²) in [6, 6.07) is 15.8. The Kier molecular flexibility index (Phi) is 5.74. The van der Waals surface area contributed by atoms with Crippen LogP contribution in [0.15, 0.2) is 60.9 Å². The summed E-state index contributed by atoms with van der Waals surface area (Å²) in [5.74, 6) is -0.138. The Labute approximate surface area is 169 Å². The highest BCUT2D eigenvalue weighted by atomic mass is 35.5. The molecule has 1 aliphatic heterocycles. The van der Waals surface area contributed by atoms with E-state index in [0.29, 0.717) is 17.1 Å². The molecule has 28 heavy (non-hydrogen) atoms. The maximum atomic E-state index is 12.4. The molecule has 0 spiro atoms. The summed E-state index contributed by atoms with van der Waals surface area (Å²) in [5, 5.41) is 7.89. The highest BCUT2D eigenvalue weighted by Crippen LogP contribution is 2.15. The minimum Gasteiger partial charge on any atom is -0.348 e. The van der Waals surface area contributed by atoms with Crippen molar-refractivity contribution < 1.29 is 4.79 Å². The van der Waals surface area contributed by atoms with Gasteiger partial charge in [-0.2, -0.15) is 5.10 Å². The van der Waals surface area contributed by atoms with Gasteiger partial charge in [0.15, 0.2) is 0 Å². The number of aromatic nitrogens is 2.